The molecule has 0 saturated carbocycles. The number of hydrogen-bond acceptors (Lipinski definition) is 5. The zero-order valence-electron chi connectivity index (χ0n) is 9.29. The van der Waals surface area contributed by atoms with E-state index in [1.807, 2.05) is 0 Å². The van der Waals surface area contributed by atoms with Gasteiger partial charge in [-0.2, -0.15) is 0 Å². The van der Waals surface area contributed by atoms with Gasteiger partial charge in [-0.1, -0.05) is 0 Å². The number of benzene rings is 1. The molecule has 7 nitrogen and oxygen atoms in total. The molecule has 1 aromatic heterocycles. The summed E-state index contributed by atoms with van der Waals surface area (Å²) in [5.74, 6) is 0. The molecule has 0 radical (unpaired) electrons. The lowest BCUT2D eigenvalue weighted by atomic mass is 10.2. The number of hydrogen-bond donors (Lipinski definition) is 2. The quantitative estimate of drug-likeness (QED) is 0.475. The van der Waals surface area contributed by atoms with Gasteiger partial charge in [0.05, 0.1) is 23.5 Å². The number of aromatic nitrogens is 2. The Kier molecular flexibility index (Phi) is 3.33. The summed E-state index contributed by atoms with van der Waals surface area (Å²) in [6, 6.07) is 4.27. The van der Waals surface area contributed by atoms with E-state index in [1.165, 1.54) is 24.5 Å². The summed E-state index contributed by atoms with van der Waals surface area (Å²) in [4.78, 5) is 27.7. The van der Waals surface area contributed by atoms with Gasteiger partial charge in [-0.05, 0) is 12.1 Å². The van der Waals surface area contributed by atoms with Crippen molar-refractivity contribution in [2.24, 2.45) is 0 Å². The number of carbonyl (C=O) groups is 1. The number of anilines is 1. The van der Waals surface area contributed by atoms with E-state index < -0.39 is 4.92 Å². The molecule has 0 aliphatic carbocycles. The average Bonchev–Trinajstić information content (AvgIpc) is 2.89. The van der Waals surface area contributed by atoms with Crippen LogP contribution in [0.15, 0.2) is 30.7 Å². The number of imidazole rings is 1. The van der Waals surface area contributed by atoms with Crippen molar-refractivity contribution in [1.29, 1.82) is 0 Å². The average molecular weight is 246 g/mol. The van der Waals surface area contributed by atoms with Crippen molar-refractivity contribution in [1.82, 2.24) is 9.97 Å². The highest BCUT2D eigenvalue weighted by Crippen LogP contribution is 2.25. The molecule has 0 spiro atoms. The van der Waals surface area contributed by atoms with E-state index >= 15 is 0 Å². The van der Waals surface area contributed by atoms with Crippen LogP contribution in [-0.4, -0.2) is 21.2 Å². The molecule has 0 fully saturated rings. The summed E-state index contributed by atoms with van der Waals surface area (Å²) in [6.07, 6.45) is 3.73. The Balaban J connectivity index is 2.21. The Bertz CT molecular complexity index is 566. The molecule has 2 aromatic rings. The molecule has 92 valence electrons. The first kappa shape index (κ1) is 11.8. The van der Waals surface area contributed by atoms with Crippen LogP contribution < -0.4 is 5.32 Å². The van der Waals surface area contributed by atoms with Crippen LogP contribution in [0.4, 0.5) is 11.4 Å². The van der Waals surface area contributed by atoms with Crippen molar-refractivity contribution < 1.29 is 9.72 Å². The van der Waals surface area contributed by atoms with Gasteiger partial charge in [0.1, 0.15) is 12.0 Å². The number of aromatic amines is 1. The number of nitro benzene ring substituents is 1. The third kappa shape index (κ3) is 2.51. The second-order valence-electron chi connectivity index (χ2n) is 3.58. The molecule has 0 saturated heterocycles. The second kappa shape index (κ2) is 5.09. The fraction of sp³-hybridized carbons (Fsp3) is 0.0909. The number of aldehydes is 1. The molecule has 7 heteroatoms. The Morgan fingerprint density at radius 3 is 2.94 bits per heavy atom. The molecule has 18 heavy (non-hydrogen) atoms. The molecule has 0 amide bonds. The predicted octanol–water partition coefficient (Wildman–Crippen LogP) is 1.74. The Labute approximate surface area is 102 Å². The van der Waals surface area contributed by atoms with Crippen molar-refractivity contribution in [3.05, 3.63) is 52.1 Å². The highest BCUT2D eigenvalue weighted by atomic mass is 16.6. The minimum atomic E-state index is -0.526. The first-order valence-corrected chi connectivity index (χ1v) is 5.15. The van der Waals surface area contributed by atoms with Crippen LogP contribution in [0.2, 0.25) is 0 Å². The van der Waals surface area contributed by atoms with Gasteiger partial charge in [-0.3, -0.25) is 14.9 Å². The lowest BCUT2D eigenvalue weighted by molar-refractivity contribution is -0.384. The first-order chi connectivity index (χ1) is 8.70. The summed E-state index contributed by atoms with van der Waals surface area (Å²) in [6.45, 7) is 0.390. The minimum absolute atomic E-state index is 0.126. The van der Waals surface area contributed by atoms with Crippen LogP contribution >= 0.6 is 0 Å². The van der Waals surface area contributed by atoms with Gasteiger partial charge in [-0.15, -0.1) is 0 Å². The van der Waals surface area contributed by atoms with Crippen LogP contribution in [0.1, 0.15) is 16.1 Å². The van der Waals surface area contributed by atoms with Crippen molar-refractivity contribution in [2.45, 2.75) is 6.54 Å². The first-order valence-electron chi connectivity index (χ1n) is 5.15. The summed E-state index contributed by atoms with van der Waals surface area (Å²) >= 11 is 0. The van der Waals surface area contributed by atoms with Gasteiger partial charge < -0.3 is 10.3 Å². The summed E-state index contributed by atoms with van der Waals surface area (Å²) in [5.41, 5.74) is 1.32. The molecule has 1 heterocycles. The highest BCUT2D eigenvalue weighted by Gasteiger charge is 2.14. The Morgan fingerprint density at radius 1 is 1.50 bits per heavy atom. The zero-order chi connectivity index (χ0) is 13.0. The van der Waals surface area contributed by atoms with E-state index in [9.17, 15) is 14.9 Å². The van der Waals surface area contributed by atoms with E-state index in [0.717, 1.165) is 5.69 Å². The van der Waals surface area contributed by atoms with Crippen LogP contribution in [0.3, 0.4) is 0 Å². The van der Waals surface area contributed by atoms with E-state index in [4.69, 9.17) is 0 Å². The van der Waals surface area contributed by atoms with Crippen LogP contribution in [-0.2, 0) is 6.54 Å². The van der Waals surface area contributed by atoms with Gasteiger partial charge in [0, 0.05) is 17.8 Å². The van der Waals surface area contributed by atoms with E-state index in [-0.39, 0.29) is 11.3 Å². The van der Waals surface area contributed by atoms with E-state index in [1.54, 1.807) is 6.20 Å². The summed E-state index contributed by atoms with van der Waals surface area (Å²) in [7, 11) is 0. The predicted molar refractivity (Wildman–Crippen MR) is 64.4 cm³/mol. The molecule has 2 N–H and O–H groups in total. The third-order valence-corrected chi connectivity index (χ3v) is 2.38. The molecule has 0 bridgehead atoms. The Hall–Kier alpha value is -2.70. The molecule has 2 rings (SSSR count). The molecular formula is C11H10N4O3. The lowest BCUT2D eigenvalue weighted by Crippen LogP contribution is -2.03. The number of H-pyrrole nitrogens is 1. The molecule has 0 unspecified atom stereocenters. The number of carbonyl (C=O) groups excluding carboxylic acids is 1. The standard InChI is InChI=1S/C11H10N4O3/c16-6-8-1-2-10(11(3-8)15(17)18)13-5-9-4-12-7-14-9/h1-4,6-7,13H,5H2,(H,12,14). The van der Waals surface area contributed by atoms with Crippen molar-refractivity contribution in [3.63, 3.8) is 0 Å². The van der Waals surface area contributed by atoms with Crippen LogP contribution in [0.25, 0.3) is 0 Å². The van der Waals surface area contributed by atoms with Gasteiger partial charge in [-0.25, -0.2) is 4.98 Å². The maximum Gasteiger partial charge on any atom is 0.293 e. The fourth-order valence-electron chi connectivity index (χ4n) is 1.49. The van der Waals surface area contributed by atoms with Gasteiger partial charge in [0.15, 0.2) is 0 Å². The van der Waals surface area contributed by atoms with Crippen LogP contribution in [0, 0.1) is 10.1 Å². The maximum absolute atomic E-state index is 10.9. The van der Waals surface area contributed by atoms with Crippen molar-refractivity contribution >= 4 is 17.7 Å². The van der Waals surface area contributed by atoms with E-state index in [0.29, 0.717) is 18.5 Å². The zero-order valence-corrected chi connectivity index (χ0v) is 9.29. The van der Waals surface area contributed by atoms with E-state index in [2.05, 4.69) is 15.3 Å². The fourth-order valence-corrected chi connectivity index (χ4v) is 1.49. The molecule has 0 aliphatic rings. The number of nitrogens with zero attached hydrogens (tertiary/aromatic N) is 2. The van der Waals surface area contributed by atoms with Crippen molar-refractivity contribution in [2.75, 3.05) is 5.32 Å². The van der Waals surface area contributed by atoms with Gasteiger partial charge >= 0.3 is 0 Å². The number of nitro groups is 1. The smallest absolute Gasteiger partial charge is 0.293 e. The van der Waals surface area contributed by atoms with Gasteiger partial charge in [0.25, 0.3) is 5.69 Å². The van der Waals surface area contributed by atoms with Crippen LogP contribution in [0.5, 0.6) is 0 Å². The minimum Gasteiger partial charge on any atom is -0.374 e. The van der Waals surface area contributed by atoms with Gasteiger partial charge in [0.2, 0.25) is 0 Å². The number of rotatable bonds is 5. The molecule has 0 atom stereocenters. The Morgan fingerprint density at radius 2 is 2.33 bits per heavy atom. The second-order valence-corrected chi connectivity index (χ2v) is 3.58. The molecule has 0 aliphatic heterocycles. The molecule has 1 aromatic carbocycles. The summed E-state index contributed by atoms with van der Waals surface area (Å²) < 4.78 is 0. The number of nitrogens with one attached hydrogen (secondary N) is 2. The third-order valence-electron chi connectivity index (χ3n) is 2.38. The monoisotopic (exact) mass is 246 g/mol. The van der Waals surface area contributed by atoms with Crippen molar-refractivity contribution in [3.8, 4) is 0 Å². The lowest BCUT2D eigenvalue weighted by Gasteiger charge is -2.06. The SMILES string of the molecule is O=Cc1ccc(NCc2cnc[nH]2)c([N+](=O)[O-])c1. The molecular weight excluding hydrogens is 236 g/mol. The maximum atomic E-state index is 10.9. The topological polar surface area (TPSA) is 101 Å². The normalized spacial score (nSPS) is 10.0. The highest BCUT2D eigenvalue weighted by molar-refractivity contribution is 5.79. The largest absolute Gasteiger partial charge is 0.374 e. The summed E-state index contributed by atoms with van der Waals surface area (Å²) in [5, 5.41) is 13.8.